The van der Waals surface area contributed by atoms with Crippen molar-refractivity contribution in [2.75, 3.05) is 39.5 Å². The van der Waals surface area contributed by atoms with Gasteiger partial charge in [0.1, 0.15) is 23.8 Å². The molecule has 2 atom stereocenters. The van der Waals surface area contributed by atoms with Crippen LogP contribution in [0.15, 0.2) is 36.5 Å². The van der Waals surface area contributed by atoms with Crippen molar-refractivity contribution in [2.45, 2.75) is 44.9 Å². The number of aromatic amines is 1. The van der Waals surface area contributed by atoms with Gasteiger partial charge in [-0.05, 0) is 38.8 Å². The molecule has 0 radical (unpaired) electrons. The van der Waals surface area contributed by atoms with Crippen LogP contribution in [0.4, 0.5) is 13.2 Å². The maximum Gasteiger partial charge on any atom is 0.150 e. The summed E-state index contributed by atoms with van der Waals surface area (Å²) in [5.41, 5.74) is 1.79. The Bertz CT molecular complexity index is 1180. The van der Waals surface area contributed by atoms with Crippen LogP contribution in [0, 0.1) is 11.7 Å². The number of hydrogen-bond acceptors (Lipinski definition) is 4. The van der Waals surface area contributed by atoms with Crippen molar-refractivity contribution in [3.05, 3.63) is 59.3 Å². The highest BCUT2D eigenvalue weighted by Crippen LogP contribution is 2.42. The number of H-pyrrole nitrogens is 1. The van der Waals surface area contributed by atoms with Crippen molar-refractivity contribution in [2.24, 2.45) is 5.92 Å². The number of nitrogens with one attached hydrogen (secondary N) is 1. The molecule has 1 aromatic carbocycles. The number of aromatic nitrogens is 2. The number of para-hydroxylation sites is 1. The van der Waals surface area contributed by atoms with Crippen LogP contribution in [0.2, 0.25) is 0 Å². The molecule has 0 saturated carbocycles. The summed E-state index contributed by atoms with van der Waals surface area (Å²) in [5.74, 6) is -0.000664. The van der Waals surface area contributed by atoms with E-state index in [4.69, 9.17) is 4.74 Å². The molecule has 0 amide bonds. The molecule has 1 saturated heterocycles. The zero-order valence-corrected chi connectivity index (χ0v) is 20.5. The number of halogens is 3. The lowest BCUT2D eigenvalue weighted by atomic mass is 9.89. The normalized spacial score (nSPS) is 21.8. The van der Waals surface area contributed by atoms with E-state index >= 15 is 4.39 Å². The van der Waals surface area contributed by atoms with E-state index in [0.717, 1.165) is 41.7 Å². The van der Waals surface area contributed by atoms with Crippen molar-refractivity contribution in [3.8, 4) is 5.75 Å². The fourth-order valence-electron chi connectivity index (χ4n) is 5.44. The van der Waals surface area contributed by atoms with Crippen molar-refractivity contribution < 1.29 is 17.9 Å². The third kappa shape index (κ3) is 4.91. The average Bonchev–Trinajstić information content (AvgIpc) is 3.13. The van der Waals surface area contributed by atoms with Crippen LogP contribution in [0.25, 0.3) is 10.9 Å². The Labute approximate surface area is 204 Å². The first-order valence-corrected chi connectivity index (χ1v) is 12.3. The van der Waals surface area contributed by atoms with Gasteiger partial charge in [-0.1, -0.05) is 18.2 Å². The lowest BCUT2D eigenvalue weighted by Gasteiger charge is -2.42. The number of alkyl halides is 2. The third-order valence-electron chi connectivity index (χ3n) is 7.11. The fourth-order valence-corrected chi connectivity index (χ4v) is 5.44. The van der Waals surface area contributed by atoms with Gasteiger partial charge in [0, 0.05) is 60.8 Å². The fraction of sp³-hybridized carbons (Fsp3) is 0.519. The standard InChI is InChI=1S/C27H33F3N4O/c1-17-10-21-20-6-4-5-7-23(20)32-24(21)26(34(17)16-27(2,3)30)25-22(29)11-19(13-31-25)35-9-8-33-14-18(12-28)15-33/h4-7,11,13,17-18,26,32H,8-10,12,14-16H2,1-3H3/t17-,26+/m1/s1. The molecule has 0 unspecified atom stereocenters. The molecule has 35 heavy (non-hydrogen) atoms. The number of rotatable bonds is 8. The molecule has 0 bridgehead atoms. The first-order chi connectivity index (χ1) is 16.7. The highest BCUT2D eigenvalue weighted by molar-refractivity contribution is 5.85. The summed E-state index contributed by atoms with van der Waals surface area (Å²) in [4.78, 5) is 12.1. The number of ether oxygens (including phenoxy) is 1. The molecule has 1 fully saturated rings. The zero-order chi connectivity index (χ0) is 24.7. The maximum atomic E-state index is 15.5. The van der Waals surface area contributed by atoms with Gasteiger partial charge in [-0.3, -0.25) is 19.2 Å². The third-order valence-corrected chi connectivity index (χ3v) is 7.11. The van der Waals surface area contributed by atoms with Gasteiger partial charge in [-0.25, -0.2) is 8.78 Å². The summed E-state index contributed by atoms with van der Waals surface area (Å²) < 4.78 is 48.7. The van der Waals surface area contributed by atoms with Crippen LogP contribution in [-0.2, 0) is 6.42 Å². The Morgan fingerprint density at radius 2 is 2.00 bits per heavy atom. The minimum absolute atomic E-state index is 0.00327. The minimum atomic E-state index is -1.45. The largest absolute Gasteiger partial charge is 0.491 e. The van der Waals surface area contributed by atoms with Crippen LogP contribution in [0.5, 0.6) is 5.75 Å². The second-order valence-corrected chi connectivity index (χ2v) is 10.6. The first kappa shape index (κ1) is 24.1. The molecule has 4 heterocycles. The van der Waals surface area contributed by atoms with E-state index < -0.39 is 17.5 Å². The molecule has 5 nitrogen and oxygen atoms in total. The second-order valence-electron chi connectivity index (χ2n) is 10.6. The Hall–Kier alpha value is -2.58. The maximum absolute atomic E-state index is 15.5. The first-order valence-electron chi connectivity index (χ1n) is 12.3. The van der Waals surface area contributed by atoms with Gasteiger partial charge in [0.25, 0.3) is 0 Å². The quantitative estimate of drug-likeness (QED) is 0.483. The van der Waals surface area contributed by atoms with E-state index in [1.807, 2.05) is 23.1 Å². The molecule has 0 spiro atoms. The Kier molecular flexibility index (Phi) is 6.53. The van der Waals surface area contributed by atoms with E-state index in [-0.39, 0.29) is 30.9 Å². The number of likely N-dealkylation sites (tertiary alicyclic amines) is 1. The summed E-state index contributed by atoms with van der Waals surface area (Å²) in [6.45, 7) is 7.54. The zero-order valence-electron chi connectivity index (χ0n) is 20.5. The Balaban J connectivity index is 1.42. The summed E-state index contributed by atoms with van der Waals surface area (Å²) in [7, 11) is 0. The minimum Gasteiger partial charge on any atom is -0.491 e. The summed E-state index contributed by atoms with van der Waals surface area (Å²) in [5, 5.41) is 1.11. The molecule has 2 aliphatic rings. The predicted octanol–water partition coefficient (Wildman–Crippen LogP) is 5.07. The van der Waals surface area contributed by atoms with E-state index in [1.165, 1.54) is 6.07 Å². The van der Waals surface area contributed by atoms with E-state index in [0.29, 0.717) is 18.9 Å². The van der Waals surface area contributed by atoms with Crippen LogP contribution in [0.1, 0.15) is 43.8 Å². The van der Waals surface area contributed by atoms with Gasteiger partial charge < -0.3 is 9.72 Å². The Morgan fingerprint density at radius 3 is 2.71 bits per heavy atom. The summed E-state index contributed by atoms with van der Waals surface area (Å²) in [6, 6.07) is 8.87. The number of benzene rings is 1. The van der Waals surface area contributed by atoms with Gasteiger partial charge in [0.05, 0.1) is 24.6 Å². The topological polar surface area (TPSA) is 44.4 Å². The highest BCUT2D eigenvalue weighted by atomic mass is 19.1. The Morgan fingerprint density at radius 1 is 1.23 bits per heavy atom. The van der Waals surface area contributed by atoms with Crippen LogP contribution in [0.3, 0.4) is 0 Å². The summed E-state index contributed by atoms with van der Waals surface area (Å²) >= 11 is 0. The second kappa shape index (κ2) is 9.47. The SMILES string of the molecule is C[C@@H]1Cc2c([nH]c3ccccc23)[C@@H](c2ncc(OCCN3CC(CF)C3)cc2F)N1CC(C)(C)F. The number of nitrogens with zero attached hydrogens (tertiary/aromatic N) is 3. The van der Waals surface area contributed by atoms with Crippen molar-refractivity contribution in [1.82, 2.24) is 19.8 Å². The number of pyridine rings is 1. The lowest BCUT2D eigenvalue weighted by molar-refractivity contribution is 0.0635. The van der Waals surface area contributed by atoms with E-state index in [2.05, 4.69) is 27.9 Å². The highest BCUT2D eigenvalue weighted by Gasteiger charge is 2.40. The van der Waals surface area contributed by atoms with Gasteiger partial charge in [-0.15, -0.1) is 0 Å². The van der Waals surface area contributed by atoms with Crippen molar-refractivity contribution in [3.63, 3.8) is 0 Å². The van der Waals surface area contributed by atoms with Crippen molar-refractivity contribution >= 4 is 10.9 Å². The van der Waals surface area contributed by atoms with Crippen LogP contribution < -0.4 is 4.74 Å². The molecule has 3 aromatic rings. The van der Waals surface area contributed by atoms with E-state index in [1.54, 1.807) is 20.0 Å². The number of fused-ring (bicyclic) bond motifs is 3. The van der Waals surface area contributed by atoms with E-state index in [9.17, 15) is 8.78 Å². The molecule has 0 aliphatic carbocycles. The molecular formula is C27H33F3N4O. The van der Waals surface area contributed by atoms with Gasteiger partial charge in [-0.2, -0.15) is 0 Å². The molecule has 2 aliphatic heterocycles. The average molecular weight is 487 g/mol. The van der Waals surface area contributed by atoms with Gasteiger partial charge >= 0.3 is 0 Å². The molecule has 1 N–H and O–H groups in total. The smallest absolute Gasteiger partial charge is 0.150 e. The molecule has 5 rings (SSSR count). The van der Waals surface area contributed by atoms with Crippen LogP contribution >= 0.6 is 0 Å². The van der Waals surface area contributed by atoms with Crippen LogP contribution in [-0.4, -0.2) is 70.9 Å². The summed E-state index contributed by atoms with van der Waals surface area (Å²) in [6.07, 6.45) is 2.29. The molecular weight excluding hydrogens is 453 g/mol. The van der Waals surface area contributed by atoms with Gasteiger partial charge in [0.15, 0.2) is 0 Å². The molecule has 2 aromatic heterocycles. The number of hydrogen-bond donors (Lipinski definition) is 1. The monoisotopic (exact) mass is 486 g/mol. The lowest BCUT2D eigenvalue weighted by Crippen LogP contribution is -2.49. The van der Waals surface area contributed by atoms with Gasteiger partial charge in [0.2, 0.25) is 0 Å². The van der Waals surface area contributed by atoms with Crippen molar-refractivity contribution in [1.29, 1.82) is 0 Å². The molecule has 8 heteroatoms. The predicted molar refractivity (Wildman–Crippen MR) is 131 cm³/mol. The molecule has 188 valence electrons.